The molecule has 3 heterocycles. The van der Waals surface area contributed by atoms with Gasteiger partial charge in [0.25, 0.3) is 0 Å². The second-order valence-corrected chi connectivity index (χ2v) is 8.08. The number of hydrogen-bond donors (Lipinski definition) is 1. The minimum absolute atomic E-state index is 0.177. The second-order valence-electron chi connectivity index (χ2n) is 8.08. The molecule has 5 nitrogen and oxygen atoms in total. The van der Waals surface area contributed by atoms with E-state index in [9.17, 15) is 4.79 Å². The van der Waals surface area contributed by atoms with Gasteiger partial charge in [-0.1, -0.05) is 45.7 Å². The van der Waals surface area contributed by atoms with Crippen LogP contribution in [0.2, 0.25) is 0 Å². The predicted octanol–water partition coefficient (Wildman–Crippen LogP) is 5.80. The van der Waals surface area contributed by atoms with Crippen LogP contribution in [0.4, 0.5) is 5.82 Å². The maximum atomic E-state index is 11.1. The fourth-order valence-electron chi connectivity index (χ4n) is 3.76. The minimum atomic E-state index is 0.177. The Morgan fingerprint density at radius 2 is 1.93 bits per heavy atom. The first-order valence-electron chi connectivity index (χ1n) is 11.3. The highest BCUT2D eigenvalue weighted by Gasteiger charge is 2.23. The highest BCUT2D eigenvalue weighted by Crippen LogP contribution is 2.32. The molecule has 2 aromatic heterocycles. The lowest BCUT2D eigenvalue weighted by Gasteiger charge is -2.31. The number of H-pyrrole nitrogens is 1. The molecule has 3 aromatic rings. The van der Waals surface area contributed by atoms with Crippen LogP contribution < -0.4 is 4.90 Å². The van der Waals surface area contributed by atoms with E-state index in [1.807, 2.05) is 12.4 Å². The SMILES string of the molecule is CCC.CCCCc1cnc(-c2ccc3cc[nH]c3c2)c(N2CCC(C=O)CC2)n1. The van der Waals surface area contributed by atoms with E-state index in [2.05, 4.69) is 54.9 Å². The van der Waals surface area contributed by atoms with Crippen LogP contribution >= 0.6 is 0 Å². The third-order valence-corrected chi connectivity index (χ3v) is 5.45. The number of hydrogen-bond acceptors (Lipinski definition) is 4. The monoisotopic (exact) mass is 406 g/mol. The summed E-state index contributed by atoms with van der Waals surface area (Å²) in [4.78, 5) is 26.5. The summed E-state index contributed by atoms with van der Waals surface area (Å²) < 4.78 is 0. The number of rotatable bonds is 6. The molecule has 0 bridgehead atoms. The first-order chi connectivity index (χ1) is 14.7. The van der Waals surface area contributed by atoms with Crippen molar-refractivity contribution in [3.63, 3.8) is 0 Å². The molecule has 1 aromatic carbocycles. The number of benzene rings is 1. The van der Waals surface area contributed by atoms with Crippen molar-refractivity contribution in [2.24, 2.45) is 5.92 Å². The number of aryl methyl sites for hydroxylation is 1. The summed E-state index contributed by atoms with van der Waals surface area (Å²) in [5.41, 5.74) is 4.16. The molecule has 160 valence electrons. The van der Waals surface area contributed by atoms with E-state index in [1.54, 1.807) is 0 Å². The van der Waals surface area contributed by atoms with Gasteiger partial charge in [-0.15, -0.1) is 0 Å². The predicted molar refractivity (Wildman–Crippen MR) is 125 cm³/mol. The lowest BCUT2D eigenvalue weighted by atomic mass is 9.98. The van der Waals surface area contributed by atoms with Crippen LogP contribution in [0.25, 0.3) is 22.2 Å². The van der Waals surface area contributed by atoms with Gasteiger partial charge in [-0.05, 0) is 43.2 Å². The van der Waals surface area contributed by atoms with Crippen LogP contribution in [0, 0.1) is 5.92 Å². The van der Waals surface area contributed by atoms with Crippen molar-refractivity contribution in [1.29, 1.82) is 0 Å². The number of aromatic nitrogens is 3. The molecule has 30 heavy (non-hydrogen) atoms. The van der Waals surface area contributed by atoms with Gasteiger partial charge in [0.2, 0.25) is 0 Å². The summed E-state index contributed by atoms with van der Waals surface area (Å²) >= 11 is 0. The van der Waals surface area contributed by atoms with E-state index in [-0.39, 0.29) is 5.92 Å². The number of unbranched alkanes of at least 4 members (excludes halogenated alkanes) is 1. The van der Waals surface area contributed by atoms with Gasteiger partial charge in [-0.2, -0.15) is 0 Å². The molecule has 1 aliphatic rings. The molecule has 0 spiro atoms. The maximum Gasteiger partial charge on any atom is 0.155 e. The zero-order valence-electron chi connectivity index (χ0n) is 18.5. The standard InChI is InChI=1S/C22H26N4O.C3H8/c1-2-3-4-19-14-24-21(18-6-5-17-7-10-23-20(17)13-18)22(25-19)26-11-8-16(15-27)9-12-26;1-3-2/h5-7,10,13-16,23H,2-4,8-9,11-12H2,1H3;3H2,1-2H3. The van der Waals surface area contributed by atoms with Crippen LogP contribution in [0.3, 0.4) is 0 Å². The molecule has 0 unspecified atom stereocenters. The molecule has 1 aliphatic heterocycles. The quantitative estimate of drug-likeness (QED) is 0.526. The van der Waals surface area contributed by atoms with E-state index in [0.717, 1.165) is 79.8 Å². The van der Waals surface area contributed by atoms with Crippen molar-refractivity contribution in [1.82, 2.24) is 15.0 Å². The van der Waals surface area contributed by atoms with Gasteiger partial charge >= 0.3 is 0 Å². The van der Waals surface area contributed by atoms with Gasteiger partial charge < -0.3 is 14.7 Å². The van der Waals surface area contributed by atoms with E-state index in [1.165, 1.54) is 11.8 Å². The third-order valence-electron chi connectivity index (χ3n) is 5.45. The highest BCUT2D eigenvalue weighted by molar-refractivity contribution is 5.86. The summed E-state index contributed by atoms with van der Waals surface area (Å²) in [6, 6.07) is 8.46. The molecule has 5 heteroatoms. The lowest BCUT2D eigenvalue weighted by molar-refractivity contribution is -0.111. The van der Waals surface area contributed by atoms with Crippen LogP contribution in [-0.4, -0.2) is 34.3 Å². The summed E-state index contributed by atoms with van der Waals surface area (Å²) in [5, 5.41) is 1.19. The normalized spacial score (nSPS) is 14.4. The summed E-state index contributed by atoms with van der Waals surface area (Å²) in [5.74, 6) is 1.13. The topological polar surface area (TPSA) is 61.9 Å². The van der Waals surface area contributed by atoms with Gasteiger partial charge in [0, 0.05) is 42.5 Å². The van der Waals surface area contributed by atoms with Gasteiger partial charge in [0.05, 0.1) is 5.69 Å². The Labute approximate surface area is 179 Å². The average Bonchev–Trinajstić information content (AvgIpc) is 3.26. The average molecular weight is 407 g/mol. The van der Waals surface area contributed by atoms with Gasteiger partial charge in [0.1, 0.15) is 12.0 Å². The van der Waals surface area contributed by atoms with Crippen molar-refractivity contribution < 1.29 is 4.79 Å². The van der Waals surface area contributed by atoms with Crippen molar-refractivity contribution in [2.45, 2.75) is 59.3 Å². The van der Waals surface area contributed by atoms with Crippen molar-refractivity contribution in [2.75, 3.05) is 18.0 Å². The van der Waals surface area contributed by atoms with E-state index in [0.29, 0.717) is 0 Å². The summed E-state index contributed by atoms with van der Waals surface area (Å²) in [7, 11) is 0. The molecule has 1 N–H and O–H groups in total. The molecular weight excluding hydrogens is 372 g/mol. The number of nitrogens with one attached hydrogen (secondary N) is 1. The minimum Gasteiger partial charge on any atom is -0.361 e. The Morgan fingerprint density at radius 1 is 1.17 bits per heavy atom. The Morgan fingerprint density at radius 3 is 2.63 bits per heavy atom. The number of aldehydes is 1. The summed E-state index contributed by atoms with van der Waals surface area (Å²) in [6.45, 7) is 8.15. The molecule has 0 saturated carbocycles. The molecule has 0 atom stereocenters. The molecule has 0 aliphatic carbocycles. The molecule has 1 fully saturated rings. The zero-order chi connectivity index (χ0) is 21.3. The largest absolute Gasteiger partial charge is 0.361 e. The number of anilines is 1. The lowest BCUT2D eigenvalue weighted by Crippen LogP contribution is -2.35. The number of carbonyl (C=O) groups excluding carboxylic acids is 1. The Bertz CT molecular complexity index is 941. The number of piperidine rings is 1. The molecule has 0 amide bonds. The number of fused-ring (bicyclic) bond motifs is 1. The molecule has 0 radical (unpaired) electrons. The highest BCUT2D eigenvalue weighted by atomic mass is 16.1. The third kappa shape index (κ3) is 5.26. The van der Waals surface area contributed by atoms with Crippen molar-refractivity contribution in [3.8, 4) is 11.3 Å². The van der Waals surface area contributed by atoms with Crippen molar-refractivity contribution >= 4 is 23.0 Å². The van der Waals surface area contributed by atoms with Crippen LogP contribution in [0.15, 0.2) is 36.7 Å². The smallest absolute Gasteiger partial charge is 0.155 e. The van der Waals surface area contributed by atoms with Gasteiger partial charge in [-0.3, -0.25) is 4.98 Å². The van der Waals surface area contributed by atoms with Gasteiger partial charge in [-0.25, -0.2) is 4.98 Å². The van der Waals surface area contributed by atoms with Crippen LogP contribution in [-0.2, 0) is 11.2 Å². The molecule has 1 saturated heterocycles. The van der Waals surface area contributed by atoms with Crippen molar-refractivity contribution in [3.05, 3.63) is 42.4 Å². The zero-order valence-corrected chi connectivity index (χ0v) is 18.5. The molecule has 4 rings (SSSR count). The van der Waals surface area contributed by atoms with Gasteiger partial charge in [0.15, 0.2) is 5.82 Å². The van der Waals surface area contributed by atoms with E-state index >= 15 is 0 Å². The number of nitrogens with zero attached hydrogens (tertiary/aromatic N) is 3. The molecular formula is C25H34N4O. The first kappa shape index (κ1) is 22.0. The number of carbonyl (C=O) groups is 1. The Kier molecular flexibility index (Phi) is 8.00. The maximum absolute atomic E-state index is 11.1. The fraction of sp³-hybridized carbons (Fsp3) is 0.480. The summed E-state index contributed by atoms with van der Waals surface area (Å²) in [6.07, 6.45) is 11.2. The van der Waals surface area contributed by atoms with Crippen LogP contribution in [0.1, 0.15) is 58.6 Å². The van der Waals surface area contributed by atoms with E-state index < -0.39 is 0 Å². The fourth-order valence-corrected chi connectivity index (χ4v) is 3.76. The van der Waals surface area contributed by atoms with Crippen LogP contribution in [0.5, 0.6) is 0 Å². The Hall–Kier alpha value is -2.69. The Balaban J connectivity index is 0.000000806. The number of aromatic amines is 1. The first-order valence-corrected chi connectivity index (χ1v) is 11.3. The second kappa shape index (κ2) is 10.9. The van der Waals surface area contributed by atoms with E-state index in [4.69, 9.17) is 9.97 Å².